The zero-order chi connectivity index (χ0) is 13.1. The van der Waals surface area contributed by atoms with Crippen LogP contribution in [-0.4, -0.2) is 27.3 Å². The number of rotatable bonds is 3. The number of ether oxygens (including phenoxy) is 3. The Morgan fingerprint density at radius 3 is 2.22 bits per heavy atom. The minimum Gasteiger partial charge on any atom is -0.496 e. The van der Waals surface area contributed by atoms with Gasteiger partial charge in [0, 0.05) is 10.8 Å². The Kier molecular flexibility index (Phi) is 3.37. The van der Waals surface area contributed by atoms with Gasteiger partial charge in [-0.1, -0.05) is 24.3 Å². The predicted molar refractivity (Wildman–Crippen MR) is 68.4 cm³/mol. The van der Waals surface area contributed by atoms with Crippen molar-refractivity contribution in [2.45, 2.75) is 0 Å². The van der Waals surface area contributed by atoms with E-state index in [0.29, 0.717) is 17.1 Å². The molecule has 0 fully saturated rings. The zero-order valence-electron chi connectivity index (χ0n) is 10.5. The van der Waals surface area contributed by atoms with Crippen LogP contribution < -0.4 is 9.47 Å². The fourth-order valence-corrected chi connectivity index (χ4v) is 1.97. The number of fused-ring (bicyclic) bond motifs is 1. The first-order chi connectivity index (χ1) is 8.72. The monoisotopic (exact) mass is 246 g/mol. The van der Waals surface area contributed by atoms with Crippen molar-refractivity contribution in [3.63, 3.8) is 0 Å². The normalized spacial score (nSPS) is 10.2. The number of benzene rings is 2. The number of carbonyl (C=O) groups excluding carboxylic acids is 1. The molecule has 0 bridgehead atoms. The van der Waals surface area contributed by atoms with E-state index in [1.807, 2.05) is 24.3 Å². The standard InChI is InChI=1S/C14H14O4/c1-16-12-8-11(14(15)18-3)13(17-2)10-7-5-4-6-9(10)12/h4-8H,1-3H3. The van der Waals surface area contributed by atoms with Crippen LogP contribution in [-0.2, 0) is 4.74 Å². The summed E-state index contributed by atoms with van der Waals surface area (Å²) in [6, 6.07) is 9.21. The van der Waals surface area contributed by atoms with E-state index in [2.05, 4.69) is 0 Å². The molecule has 0 unspecified atom stereocenters. The minimum atomic E-state index is -0.448. The van der Waals surface area contributed by atoms with Gasteiger partial charge in [0.1, 0.15) is 17.1 Å². The lowest BCUT2D eigenvalue weighted by Gasteiger charge is -2.13. The summed E-state index contributed by atoms with van der Waals surface area (Å²) in [5.74, 6) is 0.668. The SMILES string of the molecule is COC(=O)c1cc(OC)c2ccccc2c1OC. The van der Waals surface area contributed by atoms with Crippen molar-refractivity contribution in [3.8, 4) is 11.5 Å². The highest BCUT2D eigenvalue weighted by molar-refractivity contribution is 6.04. The van der Waals surface area contributed by atoms with Crippen molar-refractivity contribution < 1.29 is 19.0 Å². The Morgan fingerprint density at radius 1 is 1.00 bits per heavy atom. The zero-order valence-corrected chi connectivity index (χ0v) is 10.5. The lowest BCUT2D eigenvalue weighted by Crippen LogP contribution is -2.05. The molecule has 0 radical (unpaired) electrons. The van der Waals surface area contributed by atoms with Crippen LogP contribution >= 0.6 is 0 Å². The summed E-state index contributed by atoms with van der Waals surface area (Å²) < 4.78 is 15.4. The fourth-order valence-electron chi connectivity index (χ4n) is 1.97. The van der Waals surface area contributed by atoms with Gasteiger partial charge in [-0.2, -0.15) is 0 Å². The number of hydrogen-bond acceptors (Lipinski definition) is 4. The summed E-state index contributed by atoms with van der Waals surface area (Å²) in [4.78, 5) is 11.7. The Hall–Kier alpha value is -2.23. The second kappa shape index (κ2) is 4.96. The molecule has 0 atom stereocenters. The van der Waals surface area contributed by atoms with E-state index in [-0.39, 0.29) is 0 Å². The van der Waals surface area contributed by atoms with E-state index in [1.165, 1.54) is 14.2 Å². The Bertz CT molecular complexity index is 590. The molecular formula is C14H14O4. The summed E-state index contributed by atoms with van der Waals surface area (Å²) in [5.41, 5.74) is 0.357. The topological polar surface area (TPSA) is 44.8 Å². The summed E-state index contributed by atoms with van der Waals surface area (Å²) in [6.07, 6.45) is 0. The van der Waals surface area contributed by atoms with Crippen LogP contribution in [0.3, 0.4) is 0 Å². The lowest BCUT2D eigenvalue weighted by atomic mass is 10.0. The van der Waals surface area contributed by atoms with Crippen molar-refractivity contribution in [2.24, 2.45) is 0 Å². The Labute approximate surface area is 105 Å². The van der Waals surface area contributed by atoms with Gasteiger partial charge in [0.2, 0.25) is 0 Å². The molecular weight excluding hydrogens is 232 g/mol. The van der Waals surface area contributed by atoms with Crippen molar-refractivity contribution in [1.82, 2.24) is 0 Å². The van der Waals surface area contributed by atoms with E-state index in [4.69, 9.17) is 14.2 Å². The quantitative estimate of drug-likeness (QED) is 0.781. The van der Waals surface area contributed by atoms with Crippen molar-refractivity contribution in [1.29, 1.82) is 0 Å². The van der Waals surface area contributed by atoms with Crippen LogP contribution in [0.4, 0.5) is 0 Å². The maximum absolute atomic E-state index is 11.7. The van der Waals surface area contributed by atoms with E-state index < -0.39 is 5.97 Å². The first kappa shape index (κ1) is 12.2. The van der Waals surface area contributed by atoms with Crippen LogP contribution in [0.2, 0.25) is 0 Å². The van der Waals surface area contributed by atoms with Crippen LogP contribution in [0.25, 0.3) is 10.8 Å². The molecule has 2 aromatic carbocycles. The third-order valence-corrected chi connectivity index (χ3v) is 2.79. The molecule has 2 aromatic rings. The predicted octanol–water partition coefficient (Wildman–Crippen LogP) is 2.64. The molecule has 0 aliphatic carbocycles. The van der Waals surface area contributed by atoms with E-state index >= 15 is 0 Å². The van der Waals surface area contributed by atoms with Gasteiger partial charge < -0.3 is 14.2 Å². The van der Waals surface area contributed by atoms with Crippen LogP contribution in [0, 0.1) is 0 Å². The van der Waals surface area contributed by atoms with Crippen molar-refractivity contribution in [2.75, 3.05) is 21.3 Å². The molecule has 0 saturated heterocycles. The minimum absolute atomic E-state index is 0.357. The molecule has 0 aliphatic rings. The van der Waals surface area contributed by atoms with Gasteiger partial charge in [0.05, 0.1) is 21.3 Å². The van der Waals surface area contributed by atoms with Crippen LogP contribution in [0.1, 0.15) is 10.4 Å². The molecule has 0 spiro atoms. The van der Waals surface area contributed by atoms with Crippen LogP contribution in [0.5, 0.6) is 11.5 Å². The maximum atomic E-state index is 11.7. The lowest BCUT2D eigenvalue weighted by molar-refractivity contribution is 0.0597. The summed E-state index contributed by atoms with van der Waals surface area (Å²) in [5, 5.41) is 1.71. The third kappa shape index (κ3) is 1.86. The number of hydrogen-bond donors (Lipinski definition) is 0. The first-order valence-corrected chi connectivity index (χ1v) is 5.45. The van der Waals surface area contributed by atoms with Gasteiger partial charge in [-0.3, -0.25) is 0 Å². The maximum Gasteiger partial charge on any atom is 0.341 e. The summed E-state index contributed by atoms with van der Waals surface area (Å²) in [7, 11) is 4.43. The highest BCUT2D eigenvalue weighted by Gasteiger charge is 2.18. The molecule has 0 aromatic heterocycles. The van der Waals surface area contributed by atoms with Gasteiger partial charge in [-0.25, -0.2) is 4.79 Å². The number of methoxy groups -OCH3 is 3. The van der Waals surface area contributed by atoms with Crippen molar-refractivity contribution in [3.05, 3.63) is 35.9 Å². The van der Waals surface area contributed by atoms with Gasteiger partial charge in [0.25, 0.3) is 0 Å². The van der Waals surface area contributed by atoms with E-state index in [9.17, 15) is 4.79 Å². The smallest absolute Gasteiger partial charge is 0.341 e. The average molecular weight is 246 g/mol. The molecule has 0 saturated carbocycles. The largest absolute Gasteiger partial charge is 0.496 e. The van der Waals surface area contributed by atoms with Gasteiger partial charge in [-0.05, 0) is 6.07 Å². The molecule has 0 N–H and O–H groups in total. The third-order valence-electron chi connectivity index (χ3n) is 2.79. The van der Waals surface area contributed by atoms with E-state index in [1.54, 1.807) is 13.2 Å². The fraction of sp³-hybridized carbons (Fsp3) is 0.214. The summed E-state index contributed by atoms with van der Waals surface area (Å²) in [6.45, 7) is 0. The van der Waals surface area contributed by atoms with E-state index in [0.717, 1.165) is 10.8 Å². The Morgan fingerprint density at radius 2 is 1.67 bits per heavy atom. The van der Waals surface area contributed by atoms with Gasteiger partial charge >= 0.3 is 5.97 Å². The number of carbonyl (C=O) groups is 1. The van der Waals surface area contributed by atoms with Gasteiger partial charge in [0.15, 0.2) is 0 Å². The molecule has 0 amide bonds. The molecule has 0 aliphatic heterocycles. The van der Waals surface area contributed by atoms with Gasteiger partial charge in [-0.15, -0.1) is 0 Å². The molecule has 94 valence electrons. The highest BCUT2D eigenvalue weighted by atomic mass is 16.5. The second-order valence-electron chi connectivity index (χ2n) is 3.70. The van der Waals surface area contributed by atoms with Crippen LogP contribution in [0.15, 0.2) is 30.3 Å². The molecule has 18 heavy (non-hydrogen) atoms. The molecule has 4 heteroatoms. The molecule has 2 rings (SSSR count). The summed E-state index contributed by atoms with van der Waals surface area (Å²) >= 11 is 0. The molecule has 4 nitrogen and oxygen atoms in total. The number of esters is 1. The average Bonchev–Trinajstić information content (AvgIpc) is 2.44. The second-order valence-corrected chi connectivity index (χ2v) is 3.70. The Balaban J connectivity index is 2.83. The highest BCUT2D eigenvalue weighted by Crippen LogP contribution is 2.36. The first-order valence-electron chi connectivity index (χ1n) is 5.45. The van der Waals surface area contributed by atoms with Crippen molar-refractivity contribution >= 4 is 16.7 Å². The molecule has 0 heterocycles.